The van der Waals surface area contributed by atoms with E-state index in [0.29, 0.717) is 49.1 Å². The van der Waals surface area contributed by atoms with Crippen LogP contribution < -0.4 is 15.4 Å². The Bertz CT molecular complexity index is 1410. The zero-order valence-corrected chi connectivity index (χ0v) is 20.1. The Morgan fingerprint density at radius 2 is 1.79 bits per heavy atom. The Labute approximate surface area is 218 Å². The third-order valence-corrected chi connectivity index (χ3v) is 6.51. The molecule has 0 saturated carbocycles. The first kappa shape index (κ1) is 26.5. The van der Waals surface area contributed by atoms with E-state index in [1.165, 1.54) is 12.1 Å². The van der Waals surface area contributed by atoms with Crippen molar-refractivity contribution in [2.75, 3.05) is 23.8 Å². The van der Waals surface area contributed by atoms with Crippen molar-refractivity contribution in [3.8, 4) is 16.9 Å². The second kappa shape index (κ2) is 10.2. The van der Waals surface area contributed by atoms with Crippen LogP contribution in [0.3, 0.4) is 0 Å². The Morgan fingerprint density at radius 1 is 1.03 bits per heavy atom. The second-order valence-corrected chi connectivity index (χ2v) is 9.19. The molecule has 8 nitrogen and oxygen atoms in total. The van der Waals surface area contributed by atoms with Crippen LogP contribution in [0.2, 0.25) is 0 Å². The molecule has 0 radical (unpaired) electrons. The van der Waals surface area contributed by atoms with Crippen molar-refractivity contribution in [2.45, 2.75) is 37.5 Å². The summed E-state index contributed by atoms with van der Waals surface area (Å²) in [5, 5.41) is 11.6. The number of nitrogens with one attached hydrogen (secondary N) is 2. The third-order valence-electron chi connectivity index (χ3n) is 6.51. The van der Waals surface area contributed by atoms with Gasteiger partial charge in [-0.05, 0) is 47.5 Å². The summed E-state index contributed by atoms with van der Waals surface area (Å²) in [5.41, 5.74) is -1.82. The molecule has 0 atom stereocenters. The van der Waals surface area contributed by atoms with E-state index in [4.69, 9.17) is 9.47 Å². The first-order valence-corrected chi connectivity index (χ1v) is 11.9. The summed E-state index contributed by atoms with van der Waals surface area (Å²) in [4.78, 5) is 25.1. The van der Waals surface area contributed by atoms with Gasteiger partial charge in [-0.3, -0.25) is 9.59 Å². The van der Waals surface area contributed by atoms with Crippen molar-refractivity contribution in [2.24, 2.45) is 0 Å². The van der Waals surface area contributed by atoms with Crippen LogP contribution in [0.5, 0.6) is 5.75 Å². The fourth-order valence-corrected chi connectivity index (χ4v) is 4.53. The number of alkyl halides is 5. The number of anilines is 2. The lowest BCUT2D eigenvalue weighted by molar-refractivity contribution is -0.141. The first-order valence-electron chi connectivity index (χ1n) is 11.9. The molecular formula is C26H21F5N4O4. The third kappa shape index (κ3) is 5.67. The summed E-state index contributed by atoms with van der Waals surface area (Å²) in [7, 11) is 0. The molecule has 0 unspecified atom stereocenters. The van der Waals surface area contributed by atoms with E-state index in [1.54, 1.807) is 18.2 Å². The number of fused-ring (bicyclic) bond motifs is 1. The highest BCUT2D eigenvalue weighted by Gasteiger charge is 2.40. The number of carbonyl (C=O) groups is 2. The van der Waals surface area contributed by atoms with E-state index in [-0.39, 0.29) is 29.1 Å². The van der Waals surface area contributed by atoms with E-state index < -0.39 is 35.5 Å². The van der Waals surface area contributed by atoms with Gasteiger partial charge in [-0.2, -0.15) is 13.2 Å². The minimum Gasteiger partial charge on any atom is -0.484 e. The number of carbonyl (C=O) groups excluding carboxylic acids is 2. The molecule has 2 aliphatic heterocycles. The molecule has 39 heavy (non-hydrogen) atoms. The highest BCUT2D eigenvalue weighted by Crippen LogP contribution is 2.42. The average Bonchev–Trinajstić information content (AvgIpc) is 3.02. The van der Waals surface area contributed by atoms with Gasteiger partial charge in [0.1, 0.15) is 11.4 Å². The molecule has 3 heterocycles. The van der Waals surface area contributed by atoms with Crippen LogP contribution in [0.25, 0.3) is 11.1 Å². The van der Waals surface area contributed by atoms with Gasteiger partial charge in [0.25, 0.3) is 12.3 Å². The number of ether oxygens (including phenoxy) is 2. The lowest BCUT2D eigenvalue weighted by Crippen LogP contribution is -2.43. The maximum absolute atomic E-state index is 13.9. The number of amides is 2. The molecule has 13 heteroatoms. The molecule has 2 amide bonds. The van der Waals surface area contributed by atoms with Crippen molar-refractivity contribution < 1.29 is 41.0 Å². The minimum absolute atomic E-state index is 0.0873. The van der Waals surface area contributed by atoms with E-state index >= 15 is 0 Å². The van der Waals surface area contributed by atoms with Gasteiger partial charge in [-0.25, -0.2) is 8.78 Å². The predicted molar refractivity (Wildman–Crippen MR) is 128 cm³/mol. The highest BCUT2D eigenvalue weighted by atomic mass is 19.4. The first-order chi connectivity index (χ1) is 18.5. The zero-order valence-electron chi connectivity index (χ0n) is 20.1. The number of nitrogens with zero attached hydrogens (tertiary/aromatic N) is 2. The van der Waals surface area contributed by atoms with E-state index in [0.717, 1.165) is 12.1 Å². The van der Waals surface area contributed by atoms with E-state index in [1.807, 2.05) is 0 Å². The number of hydrogen-bond donors (Lipinski definition) is 2. The topological polar surface area (TPSA) is 102 Å². The van der Waals surface area contributed by atoms with Crippen molar-refractivity contribution in [1.29, 1.82) is 0 Å². The maximum atomic E-state index is 13.9. The molecule has 5 rings (SSSR count). The molecule has 1 fully saturated rings. The summed E-state index contributed by atoms with van der Waals surface area (Å²) in [6.45, 7) is 0.839. The van der Waals surface area contributed by atoms with E-state index in [9.17, 15) is 31.5 Å². The van der Waals surface area contributed by atoms with Gasteiger partial charge in [0.15, 0.2) is 11.4 Å². The normalized spacial score (nSPS) is 16.7. The largest absolute Gasteiger partial charge is 0.484 e. The Hall–Kier alpha value is -4.13. The van der Waals surface area contributed by atoms with E-state index in [2.05, 4.69) is 20.8 Å². The van der Waals surface area contributed by atoms with Crippen LogP contribution in [-0.4, -0.2) is 40.8 Å². The summed E-state index contributed by atoms with van der Waals surface area (Å²) in [6, 6.07) is 9.83. The van der Waals surface area contributed by atoms with Crippen molar-refractivity contribution in [3.05, 3.63) is 65.5 Å². The number of aromatic nitrogens is 2. The molecule has 1 spiro atoms. The van der Waals surface area contributed by atoms with Gasteiger partial charge in [-0.1, -0.05) is 12.1 Å². The number of hydrogen-bond acceptors (Lipinski definition) is 6. The molecule has 204 valence electrons. The lowest BCUT2D eigenvalue weighted by atomic mass is 9.90. The van der Waals surface area contributed by atoms with Crippen LogP contribution >= 0.6 is 0 Å². The summed E-state index contributed by atoms with van der Waals surface area (Å²) < 4.78 is 77.8. The Balaban J connectivity index is 1.46. The second-order valence-electron chi connectivity index (χ2n) is 9.19. The minimum atomic E-state index is -4.72. The molecule has 2 aliphatic rings. The molecule has 0 aliphatic carbocycles. The van der Waals surface area contributed by atoms with Crippen molar-refractivity contribution in [3.63, 3.8) is 0 Å². The number of benzene rings is 2. The van der Waals surface area contributed by atoms with Crippen LogP contribution in [0.4, 0.5) is 33.3 Å². The van der Waals surface area contributed by atoms with Crippen molar-refractivity contribution in [1.82, 2.24) is 10.2 Å². The quantitative estimate of drug-likeness (QED) is 0.411. The summed E-state index contributed by atoms with van der Waals surface area (Å²) >= 11 is 0. The molecular weight excluding hydrogens is 527 g/mol. The molecule has 2 aromatic carbocycles. The monoisotopic (exact) mass is 548 g/mol. The summed E-state index contributed by atoms with van der Waals surface area (Å²) in [6.07, 6.45) is -6.47. The van der Waals surface area contributed by atoms with Crippen LogP contribution in [0.1, 0.15) is 47.4 Å². The van der Waals surface area contributed by atoms with Gasteiger partial charge in [0.05, 0.1) is 25.3 Å². The fourth-order valence-electron chi connectivity index (χ4n) is 4.53. The number of rotatable bonds is 4. The van der Waals surface area contributed by atoms with Crippen molar-refractivity contribution >= 4 is 23.2 Å². The standard InChI is InChI=1S/C26H21F5N4O4/c27-23(28)16-3-2-15(32-24(37)19-5-6-21(35-34-19)26(29,30)31)12-17(16)14-1-4-18-20(11-14)39-25(13-22(36)33-18)7-9-38-10-8-25/h1-6,11-12,23H,7-10,13H2,(H,32,37)(H,33,36). The van der Waals surface area contributed by atoms with Gasteiger partial charge in [-0.15, -0.1) is 10.2 Å². The molecule has 2 N–H and O–H groups in total. The molecule has 0 bridgehead atoms. The molecule has 1 aromatic heterocycles. The SMILES string of the molecule is O=C1CC2(CCOCC2)Oc2cc(-c3cc(NC(=O)c4ccc(C(F)(F)F)nn4)ccc3C(F)F)ccc2N1. The van der Waals surface area contributed by atoms with Crippen LogP contribution in [-0.2, 0) is 15.7 Å². The number of halogens is 5. The van der Waals surface area contributed by atoms with Crippen LogP contribution in [0.15, 0.2) is 48.5 Å². The highest BCUT2D eigenvalue weighted by molar-refractivity contribution is 6.03. The van der Waals surface area contributed by atoms with Gasteiger partial charge >= 0.3 is 6.18 Å². The average molecular weight is 548 g/mol. The van der Waals surface area contributed by atoms with Crippen LogP contribution in [0, 0.1) is 0 Å². The lowest BCUT2D eigenvalue weighted by Gasteiger charge is -2.35. The Morgan fingerprint density at radius 3 is 2.46 bits per heavy atom. The molecule has 1 saturated heterocycles. The summed E-state index contributed by atoms with van der Waals surface area (Å²) in [5.74, 6) is -0.788. The fraction of sp³-hybridized carbons (Fsp3) is 0.308. The molecule has 3 aromatic rings. The van der Waals surface area contributed by atoms with Gasteiger partial charge in [0.2, 0.25) is 5.91 Å². The predicted octanol–water partition coefficient (Wildman–Crippen LogP) is 5.62. The smallest absolute Gasteiger partial charge is 0.435 e. The van der Waals surface area contributed by atoms with Gasteiger partial charge in [0, 0.05) is 24.1 Å². The maximum Gasteiger partial charge on any atom is 0.435 e. The Kier molecular flexibility index (Phi) is 6.93. The van der Waals surface area contributed by atoms with Gasteiger partial charge < -0.3 is 20.1 Å². The zero-order chi connectivity index (χ0) is 27.8.